The van der Waals surface area contributed by atoms with Crippen molar-refractivity contribution in [3.63, 3.8) is 0 Å². The van der Waals surface area contributed by atoms with Crippen molar-refractivity contribution in [3.05, 3.63) is 35.4 Å². The van der Waals surface area contributed by atoms with Gasteiger partial charge in [0.05, 0.1) is 19.8 Å². The second kappa shape index (κ2) is 17.7. The summed E-state index contributed by atoms with van der Waals surface area (Å²) in [6, 6.07) is 8.94. The number of nitrogens with zero attached hydrogens (tertiary/aromatic N) is 2. The van der Waals surface area contributed by atoms with Gasteiger partial charge in [-0.1, -0.05) is 37.1 Å². The van der Waals surface area contributed by atoms with Gasteiger partial charge < -0.3 is 20.1 Å². The topological polar surface area (TPSA) is 58.1 Å². The molecule has 0 unspecified atom stereocenters. The van der Waals surface area contributed by atoms with Crippen LogP contribution in [0, 0.1) is 0 Å². The van der Waals surface area contributed by atoms with Gasteiger partial charge in [0.2, 0.25) is 0 Å². The van der Waals surface area contributed by atoms with E-state index in [2.05, 4.69) is 46.7 Å². The predicted octanol–water partition coefficient (Wildman–Crippen LogP) is 3.79. The van der Waals surface area contributed by atoms with Gasteiger partial charge in [-0.05, 0) is 50.4 Å². The Balaban J connectivity index is 0.00000450. The van der Waals surface area contributed by atoms with Gasteiger partial charge in [-0.15, -0.1) is 24.0 Å². The van der Waals surface area contributed by atoms with Gasteiger partial charge in [-0.3, -0.25) is 4.90 Å². The first kappa shape index (κ1) is 27.1. The minimum absolute atomic E-state index is 0. The maximum absolute atomic E-state index is 5.49. The quantitative estimate of drug-likeness (QED) is 0.186. The fraction of sp³-hybridized carbons (Fsp3) is 0.696. The summed E-state index contributed by atoms with van der Waals surface area (Å²) in [6.45, 7) is 10.0. The monoisotopic (exact) mass is 532 g/mol. The first-order chi connectivity index (χ1) is 14.3. The molecule has 2 N–H and O–H groups in total. The number of aliphatic imine (C=N–C) groups is 1. The number of likely N-dealkylation sites (tertiary alicyclic amines) is 1. The molecule has 1 aliphatic heterocycles. The summed E-state index contributed by atoms with van der Waals surface area (Å²) in [4.78, 5) is 7.30. The first-order valence-electron chi connectivity index (χ1n) is 11.2. The van der Waals surface area contributed by atoms with Gasteiger partial charge in [-0.25, -0.2) is 4.99 Å². The van der Waals surface area contributed by atoms with Crippen LogP contribution in [0.15, 0.2) is 29.3 Å². The average molecular weight is 533 g/mol. The molecule has 0 bridgehead atoms. The van der Waals surface area contributed by atoms with Crippen LogP contribution in [-0.2, 0) is 22.6 Å². The van der Waals surface area contributed by atoms with Crippen LogP contribution in [-0.4, -0.2) is 64.0 Å². The standard InChI is InChI=1S/C23H40N4O2.HI/c1-3-24-23(25-13-8-16-29-18-17-28-2)26-19-21-9-11-22(12-10-21)20-27-14-6-4-5-7-15-27;/h9-12H,3-8,13-20H2,1-2H3,(H2,24,25,26);1H. The molecule has 7 heteroatoms. The Kier molecular flexibility index (Phi) is 16.1. The van der Waals surface area contributed by atoms with Crippen LogP contribution < -0.4 is 10.6 Å². The molecule has 1 aromatic carbocycles. The van der Waals surface area contributed by atoms with E-state index in [1.165, 1.54) is 49.9 Å². The second-order valence-corrected chi connectivity index (χ2v) is 7.59. The maximum atomic E-state index is 5.49. The molecule has 1 heterocycles. The van der Waals surface area contributed by atoms with E-state index >= 15 is 0 Å². The molecule has 0 atom stereocenters. The molecule has 0 radical (unpaired) electrons. The zero-order valence-corrected chi connectivity index (χ0v) is 21.2. The molecule has 0 amide bonds. The van der Waals surface area contributed by atoms with E-state index in [1.54, 1.807) is 7.11 Å². The van der Waals surface area contributed by atoms with Gasteiger partial charge in [0.15, 0.2) is 5.96 Å². The Morgan fingerprint density at radius 2 is 1.67 bits per heavy atom. The minimum atomic E-state index is 0. The lowest BCUT2D eigenvalue weighted by molar-refractivity contribution is 0.0698. The van der Waals surface area contributed by atoms with Gasteiger partial charge in [-0.2, -0.15) is 0 Å². The van der Waals surface area contributed by atoms with Crippen molar-refractivity contribution in [2.75, 3.05) is 53.1 Å². The van der Waals surface area contributed by atoms with Crippen LogP contribution in [0.2, 0.25) is 0 Å². The third-order valence-electron chi connectivity index (χ3n) is 5.08. The summed E-state index contributed by atoms with van der Waals surface area (Å²) in [6.07, 6.45) is 6.39. The van der Waals surface area contributed by atoms with Crippen molar-refractivity contribution in [1.29, 1.82) is 0 Å². The number of guanidine groups is 1. The van der Waals surface area contributed by atoms with Crippen molar-refractivity contribution in [2.45, 2.75) is 52.1 Å². The third kappa shape index (κ3) is 12.1. The van der Waals surface area contributed by atoms with Crippen LogP contribution in [0.25, 0.3) is 0 Å². The van der Waals surface area contributed by atoms with E-state index < -0.39 is 0 Å². The highest BCUT2D eigenvalue weighted by Crippen LogP contribution is 2.14. The number of halogens is 1. The summed E-state index contributed by atoms with van der Waals surface area (Å²) in [7, 11) is 1.69. The van der Waals surface area contributed by atoms with Crippen LogP contribution in [0.5, 0.6) is 0 Å². The number of rotatable bonds is 12. The first-order valence-corrected chi connectivity index (χ1v) is 11.2. The fourth-order valence-electron chi connectivity index (χ4n) is 3.44. The highest BCUT2D eigenvalue weighted by molar-refractivity contribution is 14.0. The van der Waals surface area contributed by atoms with E-state index in [0.29, 0.717) is 19.8 Å². The van der Waals surface area contributed by atoms with Crippen LogP contribution in [0.1, 0.15) is 50.2 Å². The fourth-order valence-corrected chi connectivity index (χ4v) is 3.44. The lowest BCUT2D eigenvalue weighted by Crippen LogP contribution is -2.38. The van der Waals surface area contributed by atoms with Gasteiger partial charge in [0.25, 0.3) is 0 Å². The van der Waals surface area contributed by atoms with Crippen molar-refractivity contribution < 1.29 is 9.47 Å². The number of methoxy groups -OCH3 is 1. The molecular weight excluding hydrogens is 491 g/mol. The Morgan fingerprint density at radius 3 is 2.33 bits per heavy atom. The molecule has 0 saturated carbocycles. The van der Waals surface area contributed by atoms with Crippen molar-refractivity contribution in [3.8, 4) is 0 Å². The molecule has 6 nitrogen and oxygen atoms in total. The molecule has 2 rings (SSSR count). The van der Waals surface area contributed by atoms with Crippen LogP contribution in [0.4, 0.5) is 0 Å². The zero-order chi connectivity index (χ0) is 20.6. The van der Waals surface area contributed by atoms with Gasteiger partial charge in [0.1, 0.15) is 0 Å². The zero-order valence-electron chi connectivity index (χ0n) is 18.8. The van der Waals surface area contributed by atoms with E-state index in [0.717, 1.165) is 38.6 Å². The highest BCUT2D eigenvalue weighted by atomic mass is 127. The van der Waals surface area contributed by atoms with Crippen LogP contribution >= 0.6 is 24.0 Å². The summed E-state index contributed by atoms with van der Waals surface area (Å²) >= 11 is 0. The van der Waals surface area contributed by atoms with E-state index in [-0.39, 0.29) is 24.0 Å². The third-order valence-corrected chi connectivity index (χ3v) is 5.08. The van der Waals surface area contributed by atoms with Crippen molar-refractivity contribution >= 4 is 29.9 Å². The summed E-state index contributed by atoms with van der Waals surface area (Å²) in [5.74, 6) is 0.859. The number of ether oxygens (including phenoxy) is 2. The molecule has 0 aliphatic carbocycles. The molecule has 1 fully saturated rings. The summed E-state index contributed by atoms with van der Waals surface area (Å²) in [5, 5.41) is 6.68. The molecule has 1 aliphatic rings. The lowest BCUT2D eigenvalue weighted by atomic mass is 10.1. The number of nitrogens with one attached hydrogen (secondary N) is 2. The normalized spacial score (nSPS) is 15.3. The van der Waals surface area contributed by atoms with Gasteiger partial charge in [0, 0.05) is 33.4 Å². The summed E-state index contributed by atoms with van der Waals surface area (Å²) in [5.41, 5.74) is 2.64. The van der Waals surface area contributed by atoms with Crippen molar-refractivity contribution in [2.24, 2.45) is 4.99 Å². The Hall–Kier alpha value is -0.900. The molecule has 172 valence electrons. The predicted molar refractivity (Wildman–Crippen MR) is 136 cm³/mol. The summed E-state index contributed by atoms with van der Waals surface area (Å²) < 4.78 is 10.5. The molecule has 1 aromatic rings. The molecule has 1 saturated heterocycles. The Morgan fingerprint density at radius 1 is 0.967 bits per heavy atom. The van der Waals surface area contributed by atoms with Crippen LogP contribution in [0.3, 0.4) is 0 Å². The number of hydrogen-bond acceptors (Lipinski definition) is 4. The SMILES string of the molecule is CCNC(=NCc1ccc(CN2CCCCCC2)cc1)NCCCOCCOC.I. The maximum Gasteiger partial charge on any atom is 0.191 e. The minimum Gasteiger partial charge on any atom is -0.382 e. The lowest BCUT2D eigenvalue weighted by Gasteiger charge is -2.19. The smallest absolute Gasteiger partial charge is 0.191 e. The number of hydrogen-bond donors (Lipinski definition) is 2. The van der Waals surface area contributed by atoms with E-state index in [4.69, 9.17) is 14.5 Å². The van der Waals surface area contributed by atoms with E-state index in [9.17, 15) is 0 Å². The Bertz CT molecular complexity index is 561. The molecule has 0 spiro atoms. The molecule has 0 aromatic heterocycles. The second-order valence-electron chi connectivity index (χ2n) is 7.59. The van der Waals surface area contributed by atoms with E-state index in [1.807, 2.05) is 0 Å². The number of benzene rings is 1. The highest BCUT2D eigenvalue weighted by Gasteiger charge is 2.09. The average Bonchev–Trinajstić information content (AvgIpc) is 3.01. The molecule has 30 heavy (non-hydrogen) atoms. The van der Waals surface area contributed by atoms with Gasteiger partial charge >= 0.3 is 0 Å². The van der Waals surface area contributed by atoms with Crippen molar-refractivity contribution in [1.82, 2.24) is 15.5 Å². The largest absolute Gasteiger partial charge is 0.382 e. The molecular formula is C23H41IN4O2. The Labute approximate surface area is 200 Å².